The third-order valence-electron chi connectivity index (χ3n) is 4.23. The highest BCUT2D eigenvalue weighted by Crippen LogP contribution is 2.27. The zero-order valence-corrected chi connectivity index (χ0v) is 15.1. The number of rotatable bonds is 5. The first-order valence-corrected chi connectivity index (χ1v) is 9.62. The molecule has 0 radical (unpaired) electrons. The van der Waals surface area contributed by atoms with Crippen molar-refractivity contribution in [3.05, 3.63) is 59.3 Å². The molecule has 0 bridgehead atoms. The third kappa shape index (κ3) is 3.68. The van der Waals surface area contributed by atoms with E-state index in [9.17, 15) is 18.4 Å². The Labute approximate surface area is 151 Å². The monoisotopic (exact) mass is 377 g/mol. The van der Waals surface area contributed by atoms with Gasteiger partial charge >= 0.3 is 11.8 Å². The lowest BCUT2D eigenvalue weighted by molar-refractivity contribution is -0.620. The Hall–Kier alpha value is -2.52. The number of aryl methyl sites for hydroxylation is 1. The second kappa shape index (κ2) is 7.38. The summed E-state index contributed by atoms with van der Waals surface area (Å²) in [6, 6.07) is 7.05. The molecule has 0 amide bonds. The van der Waals surface area contributed by atoms with Crippen LogP contribution in [0.2, 0.25) is 0 Å². The molecule has 3 rings (SSSR count). The third-order valence-corrected chi connectivity index (χ3v) is 6.15. The molecule has 2 heterocycles. The number of hydrogen-bond donors (Lipinski definition) is 0. The Morgan fingerprint density at radius 3 is 2.81 bits per heavy atom. The van der Waals surface area contributed by atoms with Crippen molar-refractivity contribution in [3.8, 4) is 0 Å². The van der Waals surface area contributed by atoms with Crippen LogP contribution in [-0.2, 0) is 26.2 Å². The fraction of sp³-hybridized carbons (Fsp3) is 0.353. The summed E-state index contributed by atoms with van der Waals surface area (Å²) in [6.07, 6.45) is 3.61. The van der Waals surface area contributed by atoms with E-state index in [0.29, 0.717) is 17.6 Å². The Morgan fingerprint density at radius 1 is 1.38 bits per heavy atom. The molecule has 8 nitrogen and oxygen atoms in total. The topological polar surface area (TPSA) is 104 Å². The van der Waals surface area contributed by atoms with Gasteiger partial charge in [-0.2, -0.15) is 4.31 Å². The summed E-state index contributed by atoms with van der Waals surface area (Å²) in [6.45, 7) is 1.81. The lowest BCUT2D eigenvalue weighted by atomic mass is 10.2. The molecule has 1 aromatic heterocycles. The van der Waals surface area contributed by atoms with Gasteiger partial charge in [0.05, 0.1) is 11.1 Å². The van der Waals surface area contributed by atoms with Crippen molar-refractivity contribution in [2.75, 3.05) is 6.54 Å². The van der Waals surface area contributed by atoms with Crippen molar-refractivity contribution in [2.45, 2.75) is 37.3 Å². The normalized spacial score (nSPS) is 18.0. The Kier molecular flexibility index (Phi) is 5.19. The van der Waals surface area contributed by atoms with Gasteiger partial charge < -0.3 is 9.94 Å². The number of esters is 1. The molecule has 0 unspecified atom stereocenters. The number of hydrogen-bond acceptors (Lipinski definition) is 6. The average molecular weight is 377 g/mol. The minimum Gasteiger partial charge on any atom is -0.711 e. The summed E-state index contributed by atoms with van der Waals surface area (Å²) < 4.78 is 32.5. The maximum Gasteiger partial charge on any atom is 0.339 e. The van der Waals surface area contributed by atoms with Crippen LogP contribution in [0.5, 0.6) is 0 Å². The number of carbonyl (C=O) groups excluding carboxylic acids is 1. The van der Waals surface area contributed by atoms with Gasteiger partial charge in [0.1, 0.15) is 12.2 Å². The highest BCUT2D eigenvalue weighted by atomic mass is 32.2. The minimum absolute atomic E-state index is 0.0341. The van der Waals surface area contributed by atoms with Crippen LogP contribution in [0.1, 0.15) is 24.2 Å². The molecule has 1 aromatic carbocycles. The second-order valence-electron chi connectivity index (χ2n) is 6.06. The Bertz CT molecular complexity index is 899. The summed E-state index contributed by atoms with van der Waals surface area (Å²) in [4.78, 5) is 16.4. The number of sulfonamides is 1. The molecule has 138 valence electrons. The van der Waals surface area contributed by atoms with Crippen molar-refractivity contribution < 1.29 is 22.7 Å². The predicted octanol–water partition coefficient (Wildman–Crippen LogP) is 0.920. The molecule has 0 saturated carbocycles. The number of nitrogens with zero attached hydrogens (tertiary/aromatic N) is 3. The molecule has 1 fully saturated rings. The van der Waals surface area contributed by atoms with E-state index < -0.39 is 22.0 Å². The SMILES string of the molecule is Cc1ccc(S(=O)(=O)N2CCC[C@H]2C(=O)OCc2nccc[n+]2[O-])cc1. The molecule has 1 aliphatic rings. The van der Waals surface area contributed by atoms with Crippen LogP contribution in [0.3, 0.4) is 0 Å². The van der Waals surface area contributed by atoms with Crippen LogP contribution in [0, 0.1) is 12.1 Å². The first-order valence-electron chi connectivity index (χ1n) is 8.18. The fourth-order valence-corrected chi connectivity index (χ4v) is 4.48. The molecule has 1 aliphatic heterocycles. The van der Waals surface area contributed by atoms with Gasteiger partial charge in [-0.1, -0.05) is 17.7 Å². The van der Waals surface area contributed by atoms with Gasteiger partial charge in [0, 0.05) is 12.6 Å². The lowest BCUT2D eigenvalue weighted by Crippen LogP contribution is -2.42. The first kappa shape index (κ1) is 18.3. The van der Waals surface area contributed by atoms with Crippen molar-refractivity contribution >= 4 is 16.0 Å². The molecule has 0 aliphatic carbocycles. The Morgan fingerprint density at radius 2 is 2.12 bits per heavy atom. The van der Waals surface area contributed by atoms with Crippen LogP contribution in [0.25, 0.3) is 0 Å². The van der Waals surface area contributed by atoms with Gasteiger partial charge in [0.25, 0.3) is 0 Å². The van der Waals surface area contributed by atoms with E-state index in [1.807, 2.05) is 6.92 Å². The van der Waals surface area contributed by atoms with Crippen molar-refractivity contribution in [2.24, 2.45) is 0 Å². The molecular formula is C17H19N3O5S. The molecular weight excluding hydrogens is 358 g/mol. The van der Waals surface area contributed by atoms with E-state index >= 15 is 0 Å². The van der Waals surface area contributed by atoms with E-state index in [1.165, 1.54) is 34.9 Å². The second-order valence-corrected chi connectivity index (χ2v) is 7.95. The highest BCUT2D eigenvalue weighted by Gasteiger charge is 2.40. The van der Waals surface area contributed by atoms with Crippen LogP contribution in [0.4, 0.5) is 0 Å². The quantitative estimate of drug-likeness (QED) is 0.436. The van der Waals surface area contributed by atoms with Crippen LogP contribution < -0.4 is 4.73 Å². The van der Waals surface area contributed by atoms with Gasteiger partial charge in [-0.15, -0.1) is 0 Å². The summed E-state index contributed by atoms with van der Waals surface area (Å²) in [5.74, 6) is -0.643. The number of ether oxygens (including phenoxy) is 1. The number of aromatic nitrogens is 2. The van der Waals surface area contributed by atoms with Crippen molar-refractivity contribution in [3.63, 3.8) is 0 Å². The fourth-order valence-electron chi connectivity index (χ4n) is 2.83. The zero-order valence-electron chi connectivity index (χ0n) is 14.2. The van der Waals surface area contributed by atoms with E-state index in [0.717, 1.165) is 5.56 Å². The number of benzene rings is 1. The van der Waals surface area contributed by atoms with Crippen LogP contribution in [-0.4, -0.2) is 36.3 Å². The van der Waals surface area contributed by atoms with Crippen LogP contribution >= 0.6 is 0 Å². The van der Waals surface area contributed by atoms with Gasteiger partial charge in [-0.05, 0) is 36.9 Å². The maximum absolute atomic E-state index is 12.8. The molecule has 1 atom stereocenters. The van der Waals surface area contributed by atoms with Crippen LogP contribution in [0.15, 0.2) is 47.6 Å². The summed E-state index contributed by atoms with van der Waals surface area (Å²) in [5, 5.41) is 11.5. The molecule has 9 heteroatoms. The van der Waals surface area contributed by atoms with Gasteiger partial charge in [0.15, 0.2) is 6.61 Å². The van der Waals surface area contributed by atoms with Gasteiger partial charge in [0.2, 0.25) is 10.0 Å². The van der Waals surface area contributed by atoms with E-state index in [-0.39, 0.29) is 23.9 Å². The number of carbonyl (C=O) groups is 1. The summed E-state index contributed by atoms with van der Waals surface area (Å²) >= 11 is 0. The maximum atomic E-state index is 12.8. The molecule has 2 aromatic rings. The lowest BCUT2D eigenvalue weighted by Gasteiger charge is -2.22. The van der Waals surface area contributed by atoms with E-state index in [4.69, 9.17) is 4.74 Å². The summed E-state index contributed by atoms with van der Waals surface area (Å²) in [5.41, 5.74) is 0.947. The smallest absolute Gasteiger partial charge is 0.339 e. The highest BCUT2D eigenvalue weighted by molar-refractivity contribution is 7.89. The van der Waals surface area contributed by atoms with Crippen molar-refractivity contribution in [1.82, 2.24) is 9.29 Å². The van der Waals surface area contributed by atoms with E-state index in [2.05, 4.69) is 4.98 Å². The molecule has 1 saturated heterocycles. The largest absolute Gasteiger partial charge is 0.711 e. The molecule has 0 N–H and O–H groups in total. The Balaban J connectivity index is 1.74. The molecule has 26 heavy (non-hydrogen) atoms. The van der Waals surface area contributed by atoms with Gasteiger partial charge in [-0.25, -0.2) is 13.1 Å². The zero-order chi connectivity index (χ0) is 18.7. The first-order chi connectivity index (χ1) is 12.4. The standard InChI is InChI=1S/C17H19N3O5S/c1-13-5-7-14(8-6-13)26(23,24)20-11-2-4-15(20)17(21)25-12-16-18-9-3-10-19(16)22/h3,5-10,15H,2,4,11-12H2,1H3/t15-/m0/s1. The molecule has 0 spiro atoms. The van der Waals surface area contributed by atoms with Crippen molar-refractivity contribution in [1.29, 1.82) is 0 Å². The average Bonchev–Trinajstić information content (AvgIpc) is 3.12. The summed E-state index contributed by atoms with van der Waals surface area (Å²) in [7, 11) is -3.79. The van der Waals surface area contributed by atoms with Gasteiger partial charge in [-0.3, -0.25) is 4.79 Å². The minimum atomic E-state index is -3.79. The van der Waals surface area contributed by atoms with E-state index in [1.54, 1.807) is 12.1 Å². The predicted molar refractivity (Wildman–Crippen MR) is 91.1 cm³/mol.